The smallest absolute Gasteiger partial charge is 0.387 e. The molecule has 4 aromatic rings. The van der Waals surface area contributed by atoms with E-state index >= 15 is 4.39 Å². The van der Waals surface area contributed by atoms with Crippen LogP contribution in [0.5, 0.6) is 5.75 Å². The number of pyridine rings is 1. The Morgan fingerprint density at radius 3 is 2.68 bits per heavy atom. The van der Waals surface area contributed by atoms with Crippen LogP contribution in [0, 0.1) is 5.82 Å². The van der Waals surface area contributed by atoms with Crippen LogP contribution < -0.4 is 4.74 Å². The number of sulfone groups is 1. The van der Waals surface area contributed by atoms with Crippen molar-refractivity contribution in [3.05, 3.63) is 71.9 Å². The first-order valence-corrected chi connectivity index (χ1v) is 12.1. The zero-order chi connectivity index (χ0) is 24.0. The van der Waals surface area contributed by atoms with Gasteiger partial charge in [-0.3, -0.25) is 0 Å². The Labute approximate surface area is 192 Å². The van der Waals surface area contributed by atoms with Crippen molar-refractivity contribution in [1.82, 2.24) is 14.5 Å². The molecule has 2 aromatic carbocycles. The zero-order valence-corrected chi connectivity index (χ0v) is 18.6. The van der Waals surface area contributed by atoms with Gasteiger partial charge in [-0.25, -0.2) is 22.8 Å². The fourth-order valence-corrected chi connectivity index (χ4v) is 4.68. The van der Waals surface area contributed by atoms with Gasteiger partial charge in [0.25, 0.3) is 0 Å². The Hall–Kier alpha value is -3.44. The highest BCUT2D eigenvalue weighted by atomic mass is 32.2. The number of ether oxygens (including phenoxy) is 2. The van der Waals surface area contributed by atoms with Crippen LogP contribution in [0.15, 0.2) is 59.8 Å². The molecule has 11 heteroatoms. The fraction of sp³-hybridized carbons (Fsp3) is 0.217. The third-order valence-corrected chi connectivity index (χ3v) is 6.59. The summed E-state index contributed by atoms with van der Waals surface area (Å²) in [7, 11) is -3.50. The second-order valence-corrected chi connectivity index (χ2v) is 9.79. The van der Waals surface area contributed by atoms with Crippen molar-refractivity contribution in [2.45, 2.75) is 24.3 Å². The van der Waals surface area contributed by atoms with Crippen molar-refractivity contribution in [2.24, 2.45) is 0 Å². The molecular weight excluding hydrogens is 471 g/mol. The largest absolute Gasteiger partial charge is 0.434 e. The molecule has 0 spiro atoms. The average Bonchev–Trinajstić information content (AvgIpc) is 3.15. The minimum absolute atomic E-state index is 0.0173. The van der Waals surface area contributed by atoms with Gasteiger partial charge in [0.05, 0.1) is 23.7 Å². The van der Waals surface area contributed by atoms with Crippen LogP contribution >= 0.6 is 0 Å². The van der Waals surface area contributed by atoms with E-state index in [0.29, 0.717) is 28.0 Å². The highest BCUT2D eigenvalue weighted by molar-refractivity contribution is 7.90. The number of benzene rings is 2. The lowest BCUT2D eigenvalue weighted by atomic mass is 10.0. The van der Waals surface area contributed by atoms with Crippen molar-refractivity contribution in [3.8, 4) is 16.9 Å². The third kappa shape index (κ3) is 4.01. The molecule has 7 nitrogen and oxygen atoms in total. The van der Waals surface area contributed by atoms with Gasteiger partial charge < -0.3 is 14.0 Å². The zero-order valence-electron chi connectivity index (χ0n) is 17.8. The van der Waals surface area contributed by atoms with Gasteiger partial charge in [0.2, 0.25) is 0 Å². The highest BCUT2D eigenvalue weighted by Crippen LogP contribution is 2.37. The van der Waals surface area contributed by atoms with E-state index in [1.807, 2.05) is 4.57 Å². The summed E-state index contributed by atoms with van der Waals surface area (Å²) in [5.74, 6) is -0.0281. The van der Waals surface area contributed by atoms with Gasteiger partial charge in [-0.05, 0) is 24.3 Å². The number of aromatic nitrogens is 3. The fourth-order valence-electron chi connectivity index (χ4n) is 4.12. The number of hydrogen-bond donors (Lipinski definition) is 0. The maximum Gasteiger partial charge on any atom is 0.387 e. The summed E-state index contributed by atoms with van der Waals surface area (Å²) >= 11 is 0. The standard InChI is InChI=1S/C23H18F3N3O4S/c1-34(30,31)22-7-6-13(10-27-22)15-8-18-17(9-16(15)24)28-21-12-32-11-19(29(18)21)14-4-2-3-5-20(14)33-23(25)26/h2-10,19,23H,11-12H2,1H3/t19-/m1/s1. The van der Waals surface area contributed by atoms with Crippen LogP contribution in [-0.2, 0) is 21.2 Å². The lowest BCUT2D eigenvalue weighted by Crippen LogP contribution is -2.25. The number of hydrogen-bond acceptors (Lipinski definition) is 6. The Balaban J connectivity index is 1.65. The second kappa shape index (κ2) is 8.41. The normalized spacial score (nSPS) is 16.1. The van der Waals surface area contributed by atoms with E-state index in [-0.39, 0.29) is 29.6 Å². The van der Waals surface area contributed by atoms with Gasteiger partial charge >= 0.3 is 6.61 Å². The van der Waals surface area contributed by atoms with Crippen LogP contribution in [0.4, 0.5) is 13.2 Å². The van der Waals surface area contributed by atoms with Crippen LogP contribution in [0.1, 0.15) is 17.4 Å². The molecule has 0 aliphatic carbocycles. The molecule has 34 heavy (non-hydrogen) atoms. The SMILES string of the molecule is CS(=O)(=O)c1ccc(-c2cc3c(cc2F)nc2n3[C@@H](c3ccccc3OC(F)F)COC2)cn1. The number of fused-ring (bicyclic) bond motifs is 3. The monoisotopic (exact) mass is 489 g/mol. The van der Waals surface area contributed by atoms with Gasteiger partial charge in [0.15, 0.2) is 14.9 Å². The maximum atomic E-state index is 15.0. The van der Waals surface area contributed by atoms with E-state index in [2.05, 4.69) is 9.97 Å². The van der Waals surface area contributed by atoms with Crippen molar-refractivity contribution in [3.63, 3.8) is 0 Å². The Bertz CT molecular complexity index is 1490. The van der Waals surface area contributed by atoms with Crippen LogP contribution in [0.2, 0.25) is 0 Å². The van der Waals surface area contributed by atoms with Crippen molar-refractivity contribution in [2.75, 3.05) is 12.9 Å². The lowest BCUT2D eigenvalue weighted by Gasteiger charge is -2.28. The predicted octanol–water partition coefficient (Wildman–Crippen LogP) is 4.36. The van der Waals surface area contributed by atoms with Gasteiger partial charge in [-0.15, -0.1) is 0 Å². The summed E-state index contributed by atoms with van der Waals surface area (Å²) in [6.07, 6.45) is 2.33. The molecule has 0 bridgehead atoms. The van der Waals surface area contributed by atoms with Crippen LogP contribution in [0.3, 0.4) is 0 Å². The molecule has 0 saturated heterocycles. The first-order valence-electron chi connectivity index (χ1n) is 10.2. The first kappa shape index (κ1) is 22.4. The summed E-state index contributed by atoms with van der Waals surface area (Å²) < 4.78 is 76.6. The molecule has 2 aromatic heterocycles. The topological polar surface area (TPSA) is 83.3 Å². The number of rotatable bonds is 5. The van der Waals surface area contributed by atoms with E-state index in [9.17, 15) is 17.2 Å². The molecule has 0 radical (unpaired) electrons. The lowest BCUT2D eigenvalue weighted by molar-refractivity contribution is -0.0512. The summed E-state index contributed by atoms with van der Waals surface area (Å²) in [5.41, 5.74) is 2.00. The number of imidazole rings is 1. The summed E-state index contributed by atoms with van der Waals surface area (Å²) in [5, 5.41) is -0.118. The number of nitrogens with zero attached hydrogens (tertiary/aromatic N) is 3. The Morgan fingerprint density at radius 1 is 1.18 bits per heavy atom. The Kier molecular flexibility index (Phi) is 5.53. The van der Waals surface area contributed by atoms with Gasteiger partial charge in [-0.1, -0.05) is 18.2 Å². The number of halogens is 3. The average molecular weight is 489 g/mol. The molecule has 3 heterocycles. The summed E-state index contributed by atoms with van der Waals surface area (Å²) in [6.45, 7) is -2.64. The molecule has 0 unspecified atom stereocenters. The highest BCUT2D eigenvalue weighted by Gasteiger charge is 2.29. The van der Waals surface area contributed by atoms with E-state index in [4.69, 9.17) is 9.47 Å². The molecule has 0 amide bonds. The molecule has 0 fully saturated rings. The summed E-state index contributed by atoms with van der Waals surface area (Å²) in [4.78, 5) is 8.42. The molecule has 1 aliphatic rings. The molecule has 1 atom stereocenters. The van der Waals surface area contributed by atoms with E-state index in [0.717, 1.165) is 6.26 Å². The maximum absolute atomic E-state index is 15.0. The minimum Gasteiger partial charge on any atom is -0.434 e. The predicted molar refractivity (Wildman–Crippen MR) is 117 cm³/mol. The Morgan fingerprint density at radius 2 is 1.97 bits per heavy atom. The van der Waals surface area contributed by atoms with E-state index < -0.39 is 28.3 Å². The second-order valence-electron chi connectivity index (χ2n) is 7.82. The molecule has 0 saturated carbocycles. The van der Waals surface area contributed by atoms with Crippen molar-refractivity contribution >= 4 is 20.9 Å². The van der Waals surface area contributed by atoms with Crippen LogP contribution in [-0.4, -0.2) is 42.4 Å². The van der Waals surface area contributed by atoms with Crippen LogP contribution in [0.25, 0.3) is 22.2 Å². The van der Waals surface area contributed by atoms with Gasteiger partial charge in [-0.2, -0.15) is 8.78 Å². The minimum atomic E-state index is -3.50. The molecule has 176 valence electrons. The molecule has 1 aliphatic heterocycles. The van der Waals surface area contributed by atoms with E-state index in [1.54, 1.807) is 24.3 Å². The first-order chi connectivity index (χ1) is 16.2. The quantitative estimate of drug-likeness (QED) is 0.414. The molecule has 5 rings (SSSR count). The molecule has 0 N–H and O–H groups in total. The van der Waals surface area contributed by atoms with Gasteiger partial charge in [0, 0.05) is 35.2 Å². The van der Waals surface area contributed by atoms with Crippen molar-refractivity contribution < 1.29 is 31.1 Å². The third-order valence-electron chi connectivity index (χ3n) is 5.59. The number of alkyl halides is 2. The number of para-hydroxylation sites is 1. The summed E-state index contributed by atoms with van der Waals surface area (Å²) in [6, 6.07) is 11.6. The van der Waals surface area contributed by atoms with E-state index in [1.165, 1.54) is 30.5 Å². The molecular formula is C23H18F3N3O4S. The van der Waals surface area contributed by atoms with Crippen molar-refractivity contribution in [1.29, 1.82) is 0 Å². The van der Waals surface area contributed by atoms with Gasteiger partial charge in [0.1, 0.15) is 24.0 Å².